The van der Waals surface area contributed by atoms with E-state index >= 15 is 0 Å². The van der Waals surface area contributed by atoms with Crippen LogP contribution in [0.1, 0.15) is 5.56 Å². The molecular formula is C10H8N2O4. The monoisotopic (exact) mass is 220 g/mol. The van der Waals surface area contributed by atoms with Crippen molar-refractivity contribution in [1.29, 1.82) is 0 Å². The van der Waals surface area contributed by atoms with Crippen LogP contribution in [0.15, 0.2) is 35.0 Å². The van der Waals surface area contributed by atoms with Crippen LogP contribution in [0.2, 0.25) is 0 Å². The maximum Gasteiger partial charge on any atom is 0.269 e. The minimum absolute atomic E-state index is 0.00816. The van der Waals surface area contributed by atoms with Crippen molar-refractivity contribution in [3.05, 3.63) is 46.1 Å². The first-order valence-electron chi connectivity index (χ1n) is 4.51. The van der Waals surface area contributed by atoms with Gasteiger partial charge < -0.3 is 9.63 Å². The Balaban J connectivity index is 2.38. The van der Waals surface area contributed by atoms with Gasteiger partial charge in [-0.1, -0.05) is 5.16 Å². The number of non-ortho nitro benzene ring substituents is 1. The van der Waals surface area contributed by atoms with Crippen LogP contribution in [0.5, 0.6) is 0 Å². The fourth-order valence-electron chi connectivity index (χ4n) is 1.35. The molecule has 2 rings (SSSR count). The Morgan fingerprint density at radius 3 is 2.62 bits per heavy atom. The Kier molecular flexibility index (Phi) is 2.65. The number of aliphatic hydroxyl groups excluding tert-OH is 1. The van der Waals surface area contributed by atoms with E-state index in [4.69, 9.17) is 9.63 Å². The van der Waals surface area contributed by atoms with Crippen LogP contribution in [0, 0.1) is 10.1 Å². The SMILES string of the molecule is O=[N+]([O-])c1ccc(-c2oncc2CO)cc1. The molecule has 0 saturated heterocycles. The van der Waals surface area contributed by atoms with Gasteiger partial charge >= 0.3 is 0 Å². The highest BCUT2D eigenvalue weighted by atomic mass is 16.6. The molecular weight excluding hydrogens is 212 g/mol. The third kappa shape index (κ3) is 1.78. The van der Waals surface area contributed by atoms with E-state index in [2.05, 4.69) is 5.16 Å². The van der Waals surface area contributed by atoms with Gasteiger partial charge in [-0.3, -0.25) is 10.1 Å². The molecule has 6 nitrogen and oxygen atoms in total. The van der Waals surface area contributed by atoms with Crippen molar-refractivity contribution in [3.63, 3.8) is 0 Å². The lowest BCUT2D eigenvalue weighted by molar-refractivity contribution is -0.384. The van der Waals surface area contributed by atoms with Crippen LogP contribution in [-0.2, 0) is 6.61 Å². The number of aliphatic hydroxyl groups is 1. The molecule has 1 N–H and O–H groups in total. The molecule has 0 aliphatic heterocycles. The Hall–Kier alpha value is -2.21. The first kappa shape index (κ1) is 10.3. The van der Waals surface area contributed by atoms with E-state index in [9.17, 15) is 10.1 Å². The summed E-state index contributed by atoms with van der Waals surface area (Å²) in [6, 6.07) is 5.85. The van der Waals surface area contributed by atoms with Crippen molar-refractivity contribution in [2.75, 3.05) is 0 Å². The van der Waals surface area contributed by atoms with Crippen LogP contribution >= 0.6 is 0 Å². The van der Waals surface area contributed by atoms with Crippen molar-refractivity contribution in [2.24, 2.45) is 0 Å². The molecule has 16 heavy (non-hydrogen) atoms. The van der Waals surface area contributed by atoms with E-state index in [0.717, 1.165) is 0 Å². The first-order valence-corrected chi connectivity index (χ1v) is 4.51. The first-order chi connectivity index (χ1) is 7.72. The minimum Gasteiger partial charge on any atom is -0.391 e. The van der Waals surface area contributed by atoms with Crippen LogP contribution in [0.3, 0.4) is 0 Å². The number of nitro groups is 1. The second-order valence-corrected chi connectivity index (χ2v) is 3.14. The molecule has 6 heteroatoms. The summed E-state index contributed by atoms with van der Waals surface area (Å²) in [5.41, 5.74) is 1.20. The zero-order valence-electron chi connectivity index (χ0n) is 8.16. The smallest absolute Gasteiger partial charge is 0.269 e. The van der Waals surface area contributed by atoms with Crippen LogP contribution in [-0.4, -0.2) is 15.2 Å². The fraction of sp³-hybridized carbons (Fsp3) is 0.100. The van der Waals surface area contributed by atoms with Gasteiger partial charge in [0.1, 0.15) is 0 Å². The molecule has 0 aliphatic carbocycles. The summed E-state index contributed by atoms with van der Waals surface area (Å²) in [6.07, 6.45) is 1.41. The minimum atomic E-state index is -0.475. The van der Waals surface area contributed by atoms with E-state index in [1.807, 2.05) is 0 Å². The fourth-order valence-corrected chi connectivity index (χ4v) is 1.35. The van der Waals surface area contributed by atoms with Crippen LogP contribution < -0.4 is 0 Å². The molecule has 0 fully saturated rings. The summed E-state index contributed by atoms with van der Waals surface area (Å²) in [5.74, 6) is 0.428. The van der Waals surface area contributed by atoms with Gasteiger partial charge in [0.05, 0.1) is 17.7 Å². The topological polar surface area (TPSA) is 89.4 Å². The Morgan fingerprint density at radius 2 is 2.06 bits per heavy atom. The third-order valence-corrected chi connectivity index (χ3v) is 2.15. The second kappa shape index (κ2) is 4.11. The van der Waals surface area contributed by atoms with Crippen molar-refractivity contribution in [3.8, 4) is 11.3 Å². The summed E-state index contributed by atoms with van der Waals surface area (Å²) < 4.78 is 4.96. The highest BCUT2D eigenvalue weighted by molar-refractivity contribution is 5.62. The molecule has 0 amide bonds. The molecule has 0 unspecified atom stereocenters. The Morgan fingerprint density at radius 1 is 1.38 bits per heavy atom. The highest BCUT2D eigenvalue weighted by Gasteiger charge is 2.11. The molecule has 0 saturated carbocycles. The summed E-state index contributed by atoms with van der Waals surface area (Å²) in [5, 5.41) is 23.0. The number of hydrogen-bond donors (Lipinski definition) is 1. The molecule has 2 aromatic rings. The van der Waals surface area contributed by atoms with Gasteiger partial charge in [-0.25, -0.2) is 0 Å². The molecule has 1 aromatic heterocycles. The third-order valence-electron chi connectivity index (χ3n) is 2.15. The summed E-state index contributed by atoms with van der Waals surface area (Å²) >= 11 is 0. The largest absolute Gasteiger partial charge is 0.391 e. The molecule has 0 spiro atoms. The predicted molar refractivity (Wildman–Crippen MR) is 54.5 cm³/mol. The molecule has 0 bridgehead atoms. The number of rotatable bonds is 3. The van der Waals surface area contributed by atoms with E-state index in [1.165, 1.54) is 18.3 Å². The highest BCUT2D eigenvalue weighted by Crippen LogP contribution is 2.25. The number of aromatic nitrogens is 1. The molecule has 0 atom stereocenters. The lowest BCUT2D eigenvalue weighted by Gasteiger charge is -1.97. The summed E-state index contributed by atoms with van der Waals surface area (Å²) in [4.78, 5) is 9.98. The normalized spacial score (nSPS) is 10.3. The van der Waals surface area contributed by atoms with Crippen molar-refractivity contribution in [1.82, 2.24) is 5.16 Å². The summed E-state index contributed by atoms with van der Waals surface area (Å²) in [6.45, 7) is -0.185. The Bertz CT molecular complexity index is 504. The number of nitrogens with zero attached hydrogens (tertiary/aromatic N) is 2. The standard InChI is InChI=1S/C10H8N2O4/c13-6-8-5-11-16-10(8)7-1-3-9(4-2-7)12(14)15/h1-5,13H,6H2. The number of hydrogen-bond acceptors (Lipinski definition) is 5. The van der Waals surface area contributed by atoms with Crippen molar-refractivity contribution in [2.45, 2.75) is 6.61 Å². The van der Waals surface area contributed by atoms with E-state index in [-0.39, 0.29) is 12.3 Å². The average Bonchev–Trinajstić information content (AvgIpc) is 2.77. The lowest BCUT2D eigenvalue weighted by Crippen LogP contribution is -1.88. The summed E-state index contributed by atoms with van der Waals surface area (Å²) in [7, 11) is 0. The quantitative estimate of drug-likeness (QED) is 0.628. The van der Waals surface area contributed by atoms with E-state index < -0.39 is 4.92 Å². The van der Waals surface area contributed by atoms with Crippen molar-refractivity contribution < 1.29 is 14.6 Å². The van der Waals surface area contributed by atoms with Crippen molar-refractivity contribution >= 4 is 5.69 Å². The van der Waals surface area contributed by atoms with Gasteiger partial charge in [0, 0.05) is 23.3 Å². The number of nitro benzene ring substituents is 1. The van der Waals surface area contributed by atoms with Crippen LogP contribution in [0.25, 0.3) is 11.3 Å². The maximum absolute atomic E-state index is 10.5. The molecule has 0 aliphatic rings. The average molecular weight is 220 g/mol. The van der Waals surface area contributed by atoms with E-state index in [1.54, 1.807) is 12.1 Å². The van der Waals surface area contributed by atoms with Gasteiger partial charge in [0.25, 0.3) is 5.69 Å². The zero-order valence-corrected chi connectivity index (χ0v) is 8.16. The number of benzene rings is 1. The van der Waals surface area contributed by atoms with Gasteiger partial charge in [0.15, 0.2) is 5.76 Å². The van der Waals surface area contributed by atoms with Gasteiger partial charge in [0.2, 0.25) is 0 Å². The van der Waals surface area contributed by atoms with Gasteiger partial charge in [-0.15, -0.1) is 0 Å². The molecule has 1 heterocycles. The Labute approximate surface area is 90.3 Å². The second-order valence-electron chi connectivity index (χ2n) is 3.14. The van der Waals surface area contributed by atoms with Crippen LogP contribution in [0.4, 0.5) is 5.69 Å². The maximum atomic E-state index is 10.5. The lowest BCUT2D eigenvalue weighted by atomic mass is 10.1. The molecule has 0 radical (unpaired) electrons. The molecule has 82 valence electrons. The van der Waals surface area contributed by atoms with Gasteiger partial charge in [-0.2, -0.15) is 0 Å². The molecule has 1 aromatic carbocycles. The predicted octanol–water partition coefficient (Wildman–Crippen LogP) is 1.74. The van der Waals surface area contributed by atoms with Gasteiger partial charge in [-0.05, 0) is 12.1 Å². The van der Waals surface area contributed by atoms with E-state index in [0.29, 0.717) is 16.9 Å². The zero-order chi connectivity index (χ0) is 11.5.